The third-order valence-corrected chi connectivity index (χ3v) is 3.51. The van der Waals surface area contributed by atoms with Crippen LogP contribution in [0.5, 0.6) is 0 Å². The Hall–Kier alpha value is -1.00. The molecular weight excluding hydrogens is 358 g/mol. The number of carbonyl (C=O) groups excluding carboxylic acids is 1. The summed E-state index contributed by atoms with van der Waals surface area (Å²) in [6.07, 6.45) is 1.64. The highest BCUT2D eigenvalue weighted by Crippen LogP contribution is 2.26. The van der Waals surface area contributed by atoms with Crippen molar-refractivity contribution < 1.29 is 4.79 Å². The highest BCUT2D eigenvalue weighted by atomic mass is 79.9. The standard InChI is InChI=1S/C14H12BrNO.BrH/c1-10-6-5-9-16-13(10)14(17)12(15)11-7-3-2-4-8-11;/h2-9,12H,1H3;1H. The Morgan fingerprint density at radius 3 is 2.44 bits per heavy atom. The second-order valence-corrected chi connectivity index (χ2v) is 4.72. The number of halogens is 2. The van der Waals surface area contributed by atoms with Crippen molar-refractivity contribution in [2.45, 2.75) is 11.8 Å². The Morgan fingerprint density at radius 2 is 1.83 bits per heavy atom. The van der Waals surface area contributed by atoms with E-state index in [1.165, 1.54) is 0 Å². The molecule has 0 bridgehead atoms. The summed E-state index contributed by atoms with van der Waals surface area (Å²) < 4.78 is 0. The second kappa shape index (κ2) is 6.81. The van der Waals surface area contributed by atoms with Gasteiger partial charge in [-0.05, 0) is 24.1 Å². The van der Waals surface area contributed by atoms with E-state index in [2.05, 4.69) is 20.9 Å². The molecule has 1 heterocycles. The third kappa shape index (κ3) is 3.27. The molecule has 0 N–H and O–H groups in total. The van der Waals surface area contributed by atoms with Gasteiger partial charge in [-0.1, -0.05) is 52.3 Å². The Morgan fingerprint density at radius 1 is 1.17 bits per heavy atom. The van der Waals surface area contributed by atoms with Gasteiger partial charge in [0, 0.05) is 6.20 Å². The molecule has 0 aliphatic heterocycles. The molecule has 0 spiro atoms. The zero-order valence-corrected chi connectivity index (χ0v) is 13.1. The van der Waals surface area contributed by atoms with Crippen molar-refractivity contribution in [3.8, 4) is 0 Å². The van der Waals surface area contributed by atoms with Gasteiger partial charge in [0.1, 0.15) is 10.5 Å². The summed E-state index contributed by atoms with van der Waals surface area (Å²) in [5.41, 5.74) is 2.37. The van der Waals surface area contributed by atoms with E-state index in [9.17, 15) is 4.79 Å². The number of nitrogens with zero attached hydrogens (tertiary/aromatic N) is 1. The fourth-order valence-electron chi connectivity index (χ4n) is 1.64. The first-order valence-electron chi connectivity index (χ1n) is 5.35. The summed E-state index contributed by atoms with van der Waals surface area (Å²) in [4.78, 5) is 16.1. The molecule has 1 aromatic carbocycles. The molecule has 1 unspecified atom stereocenters. The summed E-state index contributed by atoms with van der Waals surface area (Å²) in [6, 6.07) is 13.3. The lowest BCUT2D eigenvalue weighted by atomic mass is 10.0. The van der Waals surface area contributed by atoms with Gasteiger partial charge in [0.2, 0.25) is 0 Å². The van der Waals surface area contributed by atoms with Crippen LogP contribution in [-0.4, -0.2) is 10.8 Å². The smallest absolute Gasteiger partial charge is 0.199 e. The van der Waals surface area contributed by atoms with Crippen LogP contribution in [-0.2, 0) is 0 Å². The van der Waals surface area contributed by atoms with Gasteiger partial charge in [-0.2, -0.15) is 0 Å². The predicted octanol–water partition coefficient (Wildman–Crippen LogP) is 4.29. The topological polar surface area (TPSA) is 30.0 Å². The minimum absolute atomic E-state index is 0. The maximum Gasteiger partial charge on any atom is 0.199 e. The van der Waals surface area contributed by atoms with Crippen LogP contribution in [0.15, 0.2) is 48.7 Å². The molecule has 2 aromatic rings. The van der Waals surface area contributed by atoms with E-state index < -0.39 is 0 Å². The minimum atomic E-state index is -0.336. The molecule has 0 aliphatic rings. The summed E-state index contributed by atoms with van der Waals surface area (Å²) in [7, 11) is 0. The number of aryl methyl sites for hydroxylation is 1. The normalized spacial score (nSPS) is 11.4. The number of rotatable bonds is 3. The number of carbonyl (C=O) groups is 1. The van der Waals surface area contributed by atoms with Crippen LogP contribution in [0.4, 0.5) is 0 Å². The predicted molar refractivity (Wildman–Crippen MR) is 81.7 cm³/mol. The number of alkyl halides is 1. The lowest BCUT2D eigenvalue weighted by molar-refractivity contribution is 0.0986. The first-order valence-corrected chi connectivity index (χ1v) is 6.26. The largest absolute Gasteiger partial charge is 0.291 e. The Balaban J connectivity index is 0.00000162. The Labute approximate surface area is 125 Å². The number of hydrogen-bond acceptors (Lipinski definition) is 2. The van der Waals surface area contributed by atoms with Crippen molar-refractivity contribution in [1.82, 2.24) is 4.98 Å². The summed E-state index contributed by atoms with van der Waals surface area (Å²) in [5, 5.41) is 0. The van der Waals surface area contributed by atoms with Crippen molar-refractivity contribution in [2.24, 2.45) is 0 Å². The first-order chi connectivity index (χ1) is 8.20. The van der Waals surface area contributed by atoms with Crippen molar-refractivity contribution in [1.29, 1.82) is 0 Å². The number of Topliss-reactive ketones (excluding diaryl/α,β-unsaturated/α-hetero) is 1. The molecule has 4 heteroatoms. The molecule has 0 amide bonds. The molecule has 1 aromatic heterocycles. The quantitative estimate of drug-likeness (QED) is 0.596. The summed E-state index contributed by atoms with van der Waals surface area (Å²) in [6.45, 7) is 1.89. The highest BCUT2D eigenvalue weighted by Gasteiger charge is 2.21. The maximum absolute atomic E-state index is 12.3. The van der Waals surface area contributed by atoms with Gasteiger partial charge in [0.15, 0.2) is 5.78 Å². The zero-order chi connectivity index (χ0) is 12.3. The van der Waals surface area contributed by atoms with E-state index in [-0.39, 0.29) is 27.6 Å². The van der Waals surface area contributed by atoms with Crippen LogP contribution in [0.25, 0.3) is 0 Å². The molecule has 0 saturated heterocycles. The Bertz CT molecular complexity index is 528. The number of aromatic nitrogens is 1. The van der Waals surface area contributed by atoms with Crippen LogP contribution in [0, 0.1) is 6.92 Å². The van der Waals surface area contributed by atoms with Crippen LogP contribution in [0.2, 0.25) is 0 Å². The molecular formula is C14H13Br2NO. The highest BCUT2D eigenvalue weighted by molar-refractivity contribution is 9.09. The third-order valence-electron chi connectivity index (χ3n) is 2.57. The van der Waals surface area contributed by atoms with E-state index in [0.29, 0.717) is 5.69 Å². The molecule has 94 valence electrons. The fraction of sp³-hybridized carbons (Fsp3) is 0.143. The lowest BCUT2D eigenvalue weighted by Crippen LogP contribution is -2.10. The first kappa shape index (κ1) is 15.1. The molecule has 0 saturated carbocycles. The molecule has 1 atom stereocenters. The van der Waals surface area contributed by atoms with E-state index in [1.807, 2.05) is 49.4 Å². The van der Waals surface area contributed by atoms with Crippen molar-refractivity contribution >= 4 is 38.7 Å². The maximum atomic E-state index is 12.3. The van der Waals surface area contributed by atoms with Gasteiger partial charge in [0.25, 0.3) is 0 Å². The monoisotopic (exact) mass is 369 g/mol. The molecule has 2 nitrogen and oxygen atoms in total. The van der Waals surface area contributed by atoms with Gasteiger partial charge < -0.3 is 0 Å². The van der Waals surface area contributed by atoms with Gasteiger partial charge in [-0.25, -0.2) is 0 Å². The molecule has 2 rings (SSSR count). The van der Waals surface area contributed by atoms with Crippen LogP contribution in [0.3, 0.4) is 0 Å². The Kier molecular flexibility index (Phi) is 5.69. The number of hydrogen-bond donors (Lipinski definition) is 0. The van der Waals surface area contributed by atoms with Gasteiger partial charge in [-0.3, -0.25) is 9.78 Å². The van der Waals surface area contributed by atoms with Gasteiger partial charge in [0.05, 0.1) is 0 Å². The molecule has 18 heavy (non-hydrogen) atoms. The van der Waals surface area contributed by atoms with E-state index in [0.717, 1.165) is 11.1 Å². The second-order valence-electron chi connectivity index (χ2n) is 3.81. The van der Waals surface area contributed by atoms with Crippen LogP contribution >= 0.6 is 32.9 Å². The lowest BCUT2D eigenvalue weighted by Gasteiger charge is -2.10. The summed E-state index contributed by atoms with van der Waals surface area (Å²) in [5.74, 6) is -0.00528. The number of benzene rings is 1. The van der Waals surface area contributed by atoms with Crippen molar-refractivity contribution in [3.63, 3.8) is 0 Å². The van der Waals surface area contributed by atoms with Crippen molar-refractivity contribution in [2.75, 3.05) is 0 Å². The van der Waals surface area contributed by atoms with E-state index in [1.54, 1.807) is 6.20 Å². The SMILES string of the molecule is Br.Cc1cccnc1C(=O)C(Br)c1ccccc1. The number of ketones is 1. The van der Waals surface area contributed by atoms with Crippen LogP contribution in [0.1, 0.15) is 26.4 Å². The van der Waals surface area contributed by atoms with Crippen molar-refractivity contribution in [3.05, 3.63) is 65.5 Å². The molecule has 0 radical (unpaired) electrons. The average Bonchev–Trinajstić information content (AvgIpc) is 2.39. The van der Waals surface area contributed by atoms with E-state index in [4.69, 9.17) is 0 Å². The molecule has 0 aliphatic carbocycles. The number of pyridine rings is 1. The van der Waals surface area contributed by atoms with E-state index >= 15 is 0 Å². The van der Waals surface area contributed by atoms with Crippen LogP contribution < -0.4 is 0 Å². The van der Waals surface area contributed by atoms with Gasteiger partial charge in [-0.15, -0.1) is 17.0 Å². The molecule has 0 fully saturated rings. The average molecular weight is 371 g/mol. The summed E-state index contributed by atoms with van der Waals surface area (Å²) >= 11 is 3.43. The van der Waals surface area contributed by atoms with Gasteiger partial charge >= 0.3 is 0 Å². The fourth-order valence-corrected chi connectivity index (χ4v) is 2.16. The minimum Gasteiger partial charge on any atom is -0.291 e. The zero-order valence-electron chi connectivity index (χ0n) is 9.84.